The van der Waals surface area contributed by atoms with Crippen LogP contribution in [-0.4, -0.2) is 56.3 Å². The molecule has 0 saturated carbocycles. The van der Waals surface area contributed by atoms with Gasteiger partial charge in [-0.2, -0.15) is 4.31 Å². The maximum absolute atomic E-state index is 12.6. The second-order valence-electron chi connectivity index (χ2n) is 6.68. The van der Waals surface area contributed by atoms with Crippen LogP contribution in [0.3, 0.4) is 0 Å². The van der Waals surface area contributed by atoms with Crippen LogP contribution >= 0.6 is 0 Å². The molecule has 1 fully saturated rings. The van der Waals surface area contributed by atoms with E-state index in [4.69, 9.17) is 0 Å². The molecule has 1 aliphatic heterocycles. The lowest BCUT2D eigenvalue weighted by molar-refractivity contribution is -0.122. The van der Waals surface area contributed by atoms with Crippen molar-refractivity contribution in [1.29, 1.82) is 0 Å². The summed E-state index contributed by atoms with van der Waals surface area (Å²) in [5.74, 6) is -0.0229. The molecule has 7 heteroatoms. The van der Waals surface area contributed by atoms with Crippen LogP contribution in [0.4, 0.5) is 0 Å². The minimum atomic E-state index is -3.33. The van der Waals surface area contributed by atoms with Gasteiger partial charge in [-0.25, -0.2) is 8.42 Å². The Bertz CT molecular complexity index is 833. The molecule has 0 spiro atoms. The third kappa shape index (κ3) is 5.89. The molecule has 0 atom stereocenters. The van der Waals surface area contributed by atoms with Crippen LogP contribution < -0.4 is 5.32 Å². The third-order valence-electron chi connectivity index (χ3n) is 4.62. The van der Waals surface area contributed by atoms with Crippen LogP contribution in [0.15, 0.2) is 60.7 Å². The number of amides is 1. The number of sulfonamides is 1. The van der Waals surface area contributed by atoms with Crippen molar-refractivity contribution >= 4 is 15.9 Å². The van der Waals surface area contributed by atoms with Crippen molar-refractivity contribution in [2.75, 3.05) is 32.7 Å². The topological polar surface area (TPSA) is 69.7 Å². The van der Waals surface area contributed by atoms with Gasteiger partial charge in [-0.15, -0.1) is 0 Å². The van der Waals surface area contributed by atoms with Crippen LogP contribution in [0.25, 0.3) is 0 Å². The fraction of sp³-hybridized carbons (Fsp3) is 0.350. The molecular formula is C20H25N3O3S. The lowest BCUT2D eigenvalue weighted by Gasteiger charge is -2.33. The molecule has 6 nitrogen and oxygen atoms in total. The summed E-state index contributed by atoms with van der Waals surface area (Å²) in [5, 5.41) is 2.91. The Hall–Kier alpha value is -2.22. The molecule has 27 heavy (non-hydrogen) atoms. The number of hydrogen-bond acceptors (Lipinski definition) is 4. The van der Waals surface area contributed by atoms with Crippen molar-refractivity contribution in [2.45, 2.75) is 12.3 Å². The second kappa shape index (κ2) is 9.12. The SMILES string of the molecule is O=C(CN1CCN(S(=O)(=O)Cc2ccccc2)CC1)NCc1ccccc1. The molecule has 1 amide bonds. The zero-order chi connectivity index (χ0) is 19.1. The highest BCUT2D eigenvalue weighted by molar-refractivity contribution is 7.88. The van der Waals surface area contributed by atoms with Gasteiger partial charge in [0, 0.05) is 32.7 Å². The quantitative estimate of drug-likeness (QED) is 0.781. The Morgan fingerprint density at radius 2 is 1.41 bits per heavy atom. The van der Waals surface area contributed by atoms with Gasteiger partial charge in [0.05, 0.1) is 12.3 Å². The predicted molar refractivity (Wildman–Crippen MR) is 105 cm³/mol. The molecule has 2 aromatic rings. The van der Waals surface area contributed by atoms with Gasteiger partial charge in [0.1, 0.15) is 0 Å². The lowest BCUT2D eigenvalue weighted by Crippen LogP contribution is -2.51. The summed E-state index contributed by atoms with van der Waals surface area (Å²) in [6.07, 6.45) is 0. The standard InChI is InChI=1S/C20H25N3O3S/c24-20(21-15-18-7-3-1-4-8-18)16-22-11-13-23(14-12-22)27(25,26)17-19-9-5-2-6-10-19/h1-10H,11-17H2,(H,21,24). The number of hydrogen-bond donors (Lipinski definition) is 1. The summed E-state index contributed by atoms with van der Waals surface area (Å²) < 4.78 is 26.7. The molecular weight excluding hydrogens is 362 g/mol. The fourth-order valence-electron chi connectivity index (χ4n) is 3.10. The van der Waals surface area contributed by atoms with Gasteiger partial charge in [0.25, 0.3) is 0 Å². The van der Waals surface area contributed by atoms with Crippen LogP contribution in [0, 0.1) is 0 Å². The number of benzene rings is 2. The largest absolute Gasteiger partial charge is 0.351 e. The van der Waals surface area contributed by atoms with E-state index in [0.717, 1.165) is 11.1 Å². The minimum Gasteiger partial charge on any atom is -0.351 e. The average Bonchev–Trinajstić information content (AvgIpc) is 2.68. The van der Waals surface area contributed by atoms with E-state index in [0.29, 0.717) is 39.3 Å². The smallest absolute Gasteiger partial charge is 0.234 e. The van der Waals surface area contributed by atoms with Crippen LogP contribution in [-0.2, 0) is 27.1 Å². The van der Waals surface area contributed by atoms with E-state index < -0.39 is 10.0 Å². The molecule has 1 N–H and O–H groups in total. The Morgan fingerprint density at radius 1 is 0.852 bits per heavy atom. The second-order valence-corrected chi connectivity index (χ2v) is 8.65. The van der Waals surface area contributed by atoms with E-state index in [1.54, 1.807) is 0 Å². The Labute approximate surface area is 160 Å². The van der Waals surface area contributed by atoms with E-state index in [2.05, 4.69) is 5.32 Å². The first-order chi connectivity index (χ1) is 13.0. The summed E-state index contributed by atoms with van der Waals surface area (Å²) in [7, 11) is -3.33. The first kappa shape index (κ1) is 19.5. The van der Waals surface area contributed by atoms with Gasteiger partial charge < -0.3 is 5.32 Å². The first-order valence-electron chi connectivity index (χ1n) is 9.08. The zero-order valence-corrected chi connectivity index (χ0v) is 16.1. The molecule has 1 saturated heterocycles. The lowest BCUT2D eigenvalue weighted by atomic mass is 10.2. The van der Waals surface area contributed by atoms with Gasteiger partial charge in [-0.1, -0.05) is 60.7 Å². The summed E-state index contributed by atoms with van der Waals surface area (Å²) in [6.45, 7) is 2.76. The molecule has 0 aliphatic carbocycles. The molecule has 1 heterocycles. The van der Waals surface area contributed by atoms with Crippen LogP contribution in [0.2, 0.25) is 0 Å². The summed E-state index contributed by atoms with van der Waals surface area (Å²) in [5.41, 5.74) is 1.85. The Balaban J connectivity index is 1.43. The van der Waals surface area contributed by atoms with Crippen molar-refractivity contribution in [3.8, 4) is 0 Å². The van der Waals surface area contributed by atoms with Crippen LogP contribution in [0.5, 0.6) is 0 Å². The normalized spacial score (nSPS) is 16.1. The van der Waals surface area contributed by atoms with Gasteiger partial charge in [-0.05, 0) is 11.1 Å². The average molecular weight is 388 g/mol. The van der Waals surface area contributed by atoms with E-state index in [1.807, 2.05) is 65.6 Å². The van der Waals surface area contributed by atoms with Crippen molar-refractivity contribution in [1.82, 2.24) is 14.5 Å². The maximum Gasteiger partial charge on any atom is 0.234 e. The summed E-state index contributed by atoms with van der Waals surface area (Å²) in [6, 6.07) is 19.0. The van der Waals surface area contributed by atoms with Crippen molar-refractivity contribution < 1.29 is 13.2 Å². The molecule has 0 radical (unpaired) electrons. The number of rotatable bonds is 7. The van der Waals surface area contributed by atoms with Crippen LogP contribution in [0.1, 0.15) is 11.1 Å². The molecule has 144 valence electrons. The van der Waals surface area contributed by atoms with Gasteiger partial charge in [-0.3, -0.25) is 9.69 Å². The highest BCUT2D eigenvalue weighted by Crippen LogP contribution is 2.13. The molecule has 2 aromatic carbocycles. The summed E-state index contributed by atoms with van der Waals surface area (Å²) in [4.78, 5) is 14.1. The van der Waals surface area contributed by atoms with E-state index >= 15 is 0 Å². The molecule has 3 rings (SSSR count). The number of nitrogens with one attached hydrogen (secondary N) is 1. The summed E-state index contributed by atoms with van der Waals surface area (Å²) >= 11 is 0. The predicted octanol–water partition coefficient (Wildman–Crippen LogP) is 1.45. The number of nitrogens with zero attached hydrogens (tertiary/aromatic N) is 2. The molecule has 0 bridgehead atoms. The Morgan fingerprint density at radius 3 is 2.00 bits per heavy atom. The molecule has 1 aliphatic rings. The zero-order valence-electron chi connectivity index (χ0n) is 15.3. The first-order valence-corrected chi connectivity index (χ1v) is 10.7. The van der Waals surface area contributed by atoms with E-state index in [-0.39, 0.29) is 11.7 Å². The number of carbonyl (C=O) groups excluding carboxylic acids is 1. The fourth-order valence-corrected chi connectivity index (χ4v) is 4.61. The van der Waals surface area contributed by atoms with E-state index in [9.17, 15) is 13.2 Å². The Kier molecular flexibility index (Phi) is 6.60. The minimum absolute atomic E-state index is 0.0192. The third-order valence-corrected chi connectivity index (χ3v) is 6.47. The highest BCUT2D eigenvalue weighted by atomic mass is 32.2. The van der Waals surface area contributed by atoms with Crippen molar-refractivity contribution in [3.05, 3.63) is 71.8 Å². The number of carbonyl (C=O) groups is 1. The van der Waals surface area contributed by atoms with Gasteiger partial charge >= 0.3 is 0 Å². The monoisotopic (exact) mass is 387 g/mol. The molecule has 0 aromatic heterocycles. The highest BCUT2D eigenvalue weighted by Gasteiger charge is 2.27. The number of piperazine rings is 1. The molecule has 0 unspecified atom stereocenters. The van der Waals surface area contributed by atoms with Crippen molar-refractivity contribution in [2.24, 2.45) is 0 Å². The van der Waals surface area contributed by atoms with Gasteiger partial charge in [0.15, 0.2) is 0 Å². The van der Waals surface area contributed by atoms with E-state index in [1.165, 1.54) is 4.31 Å². The van der Waals surface area contributed by atoms with Gasteiger partial charge in [0.2, 0.25) is 15.9 Å². The maximum atomic E-state index is 12.6. The van der Waals surface area contributed by atoms with Crippen molar-refractivity contribution in [3.63, 3.8) is 0 Å².